The lowest BCUT2D eigenvalue weighted by Gasteiger charge is -2.35. The SMILES string of the molecule is CCN(CC)c1ccc2cc(-c3ccc(/C(C)=C(\C#N)C(=O)NCC4OC[C@H](O)[C@@H](O)[C@@H]4O)n3C)ccc2c1. The number of ether oxygens (including phenoxy) is 1. The number of carbonyl (C=O) groups is 1. The van der Waals surface area contributed by atoms with Crippen LogP contribution in [0.5, 0.6) is 0 Å². The van der Waals surface area contributed by atoms with Gasteiger partial charge in [0, 0.05) is 43.8 Å². The van der Waals surface area contributed by atoms with Crippen LogP contribution < -0.4 is 10.2 Å². The molecular formula is C30H36N4O5. The van der Waals surface area contributed by atoms with Gasteiger partial charge in [0.25, 0.3) is 5.91 Å². The van der Waals surface area contributed by atoms with Gasteiger partial charge in [-0.2, -0.15) is 5.26 Å². The number of aliphatic hydroxyl groups is 3. The summed E-state index contributed by atoms with van der Waals surface area (Å²) in [6.07, 6.45) is -4.81. The highest BCUT2D eigenvalue weighted by atomic mass is 16.5. The van der Waals surface area contributed by atoms with E-state index >= 15 is 0 Å². The average Bonchev–Trinajstić information content (AvgIpc) is 3.33. The molecule has 0 radical (unpaired) electrons. The molecule has 206 valence electrons. The van der Waals surface area contributed by atoms with Crippen LogP contribution in [0.25, 0.3) is 27.6 Å². The summed E-state index contributed by atoms with van der Waals surface area (Å²) >= 11 is 0. The minimum absolute atomic E-state index is 0.0592. The Morgan fingerprint density at radius 1 is 1.08 bits per heavy atom. The van der Waals surface area contributed by atoms with E-state index in [0.717, 1.165) is 40.8 Å². The van der Waals surface area contributed by atoms with Crippen LogP contribution in [0.1, 0.15) is 26.5 Å². The number of nitrogens with zero attached hydrogens (tertiary/aromatic N) is 3. The van der Waals surface area contributed by atoms with Gasteiger partial charge in [-0.3, -0.25) is 4.79 Å². The number of amides is 1. The number of fused-ring (bicyclic) bond motifs is 1. The molecule has 1 amide bonds. The summed E-state index contributed by atoms with van der Waals surface area (Å²) in [7, 11) is 1.90. The molecule has 0 saturated carbocycles. The minimum atomic E-state index is -1.37. The molecule has 1 fully saturated rings. The first kappa shape index (κ1) is 28.3. The molecule has 4 rings (SSSR count). The fraction of sp³-hybridized carbons (Fsp3) is 0.400. The maximum Gasteiger partial charge on any atom is 0.262 e. The Balaban J connectivity index is 1.55. The van der Waals surface area contributed by atoms with E-state index in [1.165, 1.54) is 5.69 Å². The summed E-state index contributed by atoms with van der Waals surface area (Å²) in [5, 5.41) is 44.2. The monoisotopic (exact) mass is 532 g/mol. The fourth-order valence-corrected chi connectivity index (χ4v) is 5.12. The summed E-state index contributed by atoms with van der Waals surface area (Å²) in [5.41, 5.74) is 4.34. The molecular weight excluding hydrogens is 496 g/mol. The molecule has 2 heterocycles. The van der Waals surface area contributed by atoms with Crippen LogP contribution >= 0.6 is 0 Å². The number of rotatable bonds is 8. The summed E-state index contributed by atoms with van der Waals surface area (Å²) in [5.74, 6) is -0.608. The molecule has 0 spiro atoms. The van der Waals surface area contributed by atoms with Crippen molar-refractivity contribution in [3.8, 4) is 17.3 Å². The molecule has 1 saturated heterocycles. The normalized spacial score (nSPS) is 21.8. The topological polar surface area (TPSA) is 131 Å². The number of allylic oxidation sites excluding steroid dienone is 1. The average molecular weight is 533 g/mol. The number of nitriles is 1. The lowest BCUT2D eigenvalue weighted by molar-refractivity contribution is -0.185. The third-order valence-electron chi connectivity index (χ3n) is 7.54. The molecule has 1 aromatic heterocycles. The zero-order chi connectivity index (χ0) is 28.3. The molecule has 4 atom stereocenters. The highest BCUT2D eigenvalue weighted by molar-refractivity contribution is 6.04. The maximum absolute atomic E-state index is 12.9. The molecule has 1 aliphatic heterocycles. The molecule has 4 N–H and O–H groups in total. The van der Waals surface area contributed by atoms with Crippen LogP contribution in [-0.2, 0) is 16.6 Å². The Morgan fingerprint density at radius 3 is 2.46 bits per heavy atom. The predicted molar refractivity (Wildman–Crippen MR) is 151 cm³/mol. The zero-order valence-electron chi connectivity index (χ0n) is 22.8. The molecule has 9 nitrogen and oxygen atoms in total. The number of hydrogen-bond donors (Lipinski definition) is 4. The number of aromatic nitrogens is 1. The molecule has 3 aromatic rings. The Morgan fingerprint density at radius 2 is 1.77 bits per heavy atom. The Labute approximate surface area is 228 Å². The van der Waals surface area contributed by atoms with Gasteiger partial charge in [0.15, 0.2) is 0 Å². The molecule has 2 aromatic carbocycles. The van der Waals surface area contributed by atoms with E-state index in [9.17, 15) is 25.4 Å². The van der Waals surface area contributed by atoms with Crippen LogP contribution in [0.4, 0.5) is 5.69 Å². The van der Waals surface area contributed by atoms with Gasteiger partial charge in [-0.15, -0.1) is 0 Å². The largest absolute Gasteiger partial charge is 0.388 e. The number of hydrogen-bond acceptors (Lipinski definition) is 7. The number of aliphatic hydroxyl groups excluding tert-OH is 3. The van der Waals surface area contributed by atoms with Gasteiger partial charge in [0.1, 0.15) is 36.1 Å². The van der Waals surface area contributed by atoms with Gasteiger partial charge in [-0.25, -0.2) is 0 Å². The van der Waals surface area contributed by atoms with Crippen molar-refractivity contribution in [1.29, 1.82) is 5.26 Å². The van der Waals surface area contributed by atoms with E-state index in [2.05, 4.69) is 60.5 Å². The molecule has 1 aliphatic rings. The first-order valence-corrected chi connectivity index (χ1v) is 13.2. The van der Waals surface area contributed by atoms with Gasteiger partial charge in [0.2, 0.25) is 0 Å². The van der Waals surface area contributed by atoms with Crippen LogP contribution in [-0.4, -0.2) is 76.5 Å². The maximum atomic E-state index is 12.9. The smallest absolute Gasteiger partial charge is 0.262 e. The van der Waals surface area contributed by atoms with Crippen molar-refractivity contribution in [2.75, 3.05) is 31.1 Å². The summed E-state index contributed by atoms with van der Waals surface area (Å²) in [6.45, 7) is 7.64. The van der Waals surface area contributed by atoms with Crippen LogP contribution in [0, 0.1) is 11.3 Å². The number of benzene rings is 2. The van der Waals surface area contributed by atoms with Crippen molar-refractivity contribution in [3.05, 3.63) is 59.8 Å². The summed E-state index contributed by atoms with van der Waals surface area (Å²) in [4.78, 5) is 15.2. The first-order valence-electron chi connectivity index (χ1n) is 13.2. The lowest BCUT2D eigenvalue weighted by Crippen LogP contribution is -2.56. The van der Waals surface area contributed by atoms with Crippen molar-refractivity contribution < 1.29 is 24.9 Å². The van der Waals surface area contributed by atoms with E-state index in [1.54, 1.807) is 6.92 Å². The Kier molecular flexibility index (Phi) is 8.73. The number of carbonyl (C=O) groups excluding carboxylic acids is 1. The van der Waals surface area contributed by atoms with Crippen molar-refractivity contribution in [3.63, 3.8) is 0 Å². The quantitative estimate of drug-likeness (QED) is 0.259. The van der Waals surface area contributed by atoms with Gasteiger partial charge >= 0.3 is 0 Å². The van der Waals surface area contributed by atoms with Gasteiger partial charge in [-0.05, 0) is 73.0 Å². The van der Waals surface area contributed by atoms with Crippen molar-refractivity contribution >= 4 is 27.9 Å². The molecule has 0 bridgehead atoms. The Bertz CT molecular complexity index is 1420. The van der Waals surface area contributed by atoms with Crippen LogP contribution in [0.3, 0.4) is 0 Å². The van der Waals surface area contributed by atoms with Gasteiger partial charge in [-0.1, -0.05) is 18.2 Å². The Hall–Kier alpha value is -3.68. The third kappa shape index (κ3) is 5.70. The second kappa shape index (κ2) is 12.0. The van der Waals surface area contributed by atoms with E-state index in [1.807, 2.05) is 29.8 Å². The molecule has 39 heavy (non-hydrogen) atoms. The summed E-state index contributed by atoms with van der Waals surface area (Å²) < 4.78 is 7.29. The third-order valence-corrected chi connectivity index (χ3v) is 7.54. The second-order valence-electron chi connectivity index (χ2n) is 9.82. The second-order valence-corrected chi connectivity index (χ2v) is 9.82. The lowest BCUT2D eigenvalue weighted by atomic mass is 10.00. The van der Waals surface area contributed by atoms with Gasteiger partial charge < -0.3 is 34.8 Å². The van der Waals surface area contributed by atoms with E-state index in [0.29, 0.717) is 5.57 Å². The molecule has 1 unspecified atom stereocenters. The minimum Gasteiger partial charge on any atom is -0.388 e. The summed E-state index contributed by atoms with van der Waals surface area (Å²) in [6, 6.07) is 18.6. The van der Waals surface area contributed by atoms with Crippen molar-refractivity contribution in [2.45, 2.75) is 45.2 Å². The highest BCUT2D eigenvalue weighted by Crippen LogP contribution is 2.30. The van der Waals surface area contributed by atoms with Gasteiger partial charge in [0.05, 0.1) is 6.61 Å². The number of nitrogens with one attached hydrogen (secondary N) is 1. The number of anilines is 1. The molecule has 0 aliphatic carbocycles. The molecule has 9 heteroatoms. The van der Waals surface area contributed by atoms with E-state index < -0.39 is 30.3 Å². The zero-order valence-corrected chi connectivity index (χ0v) is 22.8. The first-order chi connectivity index (χ1) is 18.7. The fourth-order valence-electron chi connectivity index (χ4n) is 5.12. The van der Waals surface area contributed by atoms with E-state index in [-0.39, 0.29) is 18.7 Å². The van der Waals surface area contributed by atoms with Crippen LogP contribution in [0.2, 0.25) is 0 Å². The van der Waals surface area contributed by atoms with Crippen LogP contribution in [0.15, 0.2) is 54.1 Å². The predicted octanol–water partition coefficient (Wildman–Crippen LogP) is 2.59. The highest BCUT2D eigenvalue weighted by Gasteiger charge is 2.37. The van der Waals surface area contributed by atoms with Crippen molar-refractivity contribution in [1.82, 2.24) is 9.88 Å². The van der Waals surface area contributed by atoms with E-state index in [4.69, 9.17) is 4.74 Å². The van der Waals surface area contributed by atoms with Crippen molar-refractivity contribution in [2.24, 2.45) is 7.05 Å². The standard InChI is InChI=1S/C30H36N4O5/c1-5-34(6-2)22-10-9-19-13-21(8-7-20(19)14-22)25-12-11-24(33(25)4)18(3)23(15-31)30(38)32-16-27-29(37)28(36)26(35)17-39-27/h7-14,26-29,35-37H,5-6,16-17H2,1-4H3,(H,32,38)/b23-18+/t26-,27?,28+,29+/m0/s1.